The maximum atomic E-state index is 13.2. The topological polar surface area (TPSA) is 79.9 Å². The highest BCUT2D eigenvalue weighted by Crippen LogP contribution is 2.36. The molecule has 1 aliphatic carbocycles. The highest BCUT2D eigenvalue weighted by Gasteiger charge is 2.35. The molecule has 9 heteroatoms. The van der Waals surface area contributed by atoms with Crippen LogP contribution in [0, 0.1) is 17.8 Å². The third kappa shape index (κ3) is 5.33. The molecule has 0 atom stereocenters. The number of fused-ring (bicyclic) bond motifs is 1. The number of aromatic amines is 1. The van der Waals surface area contributed by atoms with Gasteiger partial charge in [0.2, 0.25) is 11.8 Å². The molecule has 0 saturated heterocycles. The van der Waals surface area contributed by atoms with E-state index in [0.717, 1.165) is 47.2 Å². The minimum Gasteiger partial charge on any atom is -0.481 e. The van der Waals surface area contributed by atoms with Gasteiger partial charge in [-0.1, -0.05) is 30.2 Å². The monoisotopic (exact) mass is 490 g/mol. The van der Waals surface area contributed by atoms with Crippen LogP contribution in [0.2, 0.25) is 0 Å². The lowest BCUT2D eigenvalue weighted by Crippen LogP contribution is -2.16. The van der Waals surface area contributed by atoms with Crippen LogP contribution in [0.5, 0.6) is 5.88 Å². The normalized spacial score (nSPS) is 13.2. The molecule has 0 spiro atoms. The first kappa shape index (κ1) is 23.4. The Morgan fingerprint density at radius 2 is 1.89 bits per heavy atom. The number of rotatable bonds is 5. The van der Waals surface area contributed by atoms with E-state index < -0.39 is 23.5 Å². The summed E-state index contributed by atoms with van der Waals surface area (Å²) in [6.45, 7) is 0. The molecule has 182 valence electrons. The molecule has 1 aromatic carbocycles. The second-order valence-corrected chi connectivity index (χ2v) is 8.59. The number of ether oxygens (including phenoxy) is 1. The molecular formula is C27H21F3N4O2. The minimum absolute atomic E-state index is 0.00816. The van der Waals surface area contributed by atoms with E-state index in [1.807, 2.05) is 24.3 Å². The van der Waals surface area contributed by atoms with E-state index >= 15 is 0 Å². The van der Waals surface area contributed by atoms with E-state index in [1.54, 1.807) is 18.3 Å². The summed E-state index contributed by atoms with van der Waals surface area (Å²) in [6, 6.07) is 12.2. The molecule has 1 amide bonds. The fourth-order valence-electron chi connectivity index (χ4n) is 3.74. The minimum atomic E-state index is -4.65. The number of carbonyl (C=O) groups is 1. The second-order valence-electron chi connectivity index (χ2n) is 8.59. The van der Waals surface area contributed by atoms with Crippen molar-refractivity contribution < 1.29 is 22.7 Å². The number of nitrogens with one attached hydrogen (secondary N) is 2. The Bertz CT molecular complexity index is 1490. The standard InChI is InChI=1S/C27H21F3N4O2/c1-36-26-23(27(28,29)30)13-22(15-32-26)33-24(35)10-17-4-7-18(8-5-17)20-11-19-12-21(9-6-16-2-3-16)34-25(19)31-14-20/h4-5,7-8,11-16H,2-3,10H2,1H3,(H,31,34)(H,33,35). The van der Waals surface area contributed by atoms with Crippen LogP contribution in [0.25, 0.3) is 22.2 Å². The Morgan fingerprint density at radius 3 is 2.58 bits per heavy atom. The Morgan fingerprint density at radius 1 is 1.11 bits per heavy atom. The summed E-state index contributed by atoms with van der Waals surface area (Å²) in [4.78, 5) is 23.8. The first-order valence-corrected chi connectivity index (χ1v) is 11.3. The molecule has 4 aromatic rings. The van der Waals surface area contributed by atoms with Gasteiger partial charge in [-0.25, -0.2) is 9.97 Å². The SMILES string of the molecule is COc1ncc(NC(=O)Cc2ccc(-c3cnc4[nH]c(C#CC5CC5)cc4c3)cc2)cc1C(F)(F)F. The van der Waals surface area contributed by atoms with Gasteiger partial charge in [-0.05, 0) is 48.1 Å². The molecule has 3 aromatic heterocycles. The van der Waals surface area contributed by atoms with Gasteiger partial charge in [0.15, 0.2) is 0 Å². The number of carbonyl (C=O) groups excluding carboxylic acids is 1. The third-order valence-electron chi connectivity index (χ3n) is 5.74. The number of benzene rings is 1. The highest BCUT2D eigenvalue weighted by molar-refractivity contribution is 5.92. The van der Waals surface area contributed by atoms with Crippen molar-refractivity contribution in [3.8, 4) is 28.8 Å². The van der Waals surface area contributed by atoms with Crippen molar-refractivity contribution in [2.24, 2.45) is 5.92 Å². The molecular weight excluding hydrogens is 469 g/mol. The molecule has 1 saturated carbocycles. The lowest BCUT2D eigenvalue weighted by Gasteiger charge is -2.13. The van der Waals surface area contributed by atoms with Crippen molar-refractivity contribution in [1.82, 2.24) is 15.0 Å². The van der Waals surface area contributed by atoms with Crippen LogP contribution in [0.15, 0.2) is 54.9 Å². The van der Waals surface area contributed by atoms with Gasteiger partial charge in [-0.15, -0.1) is 0 Å². The average molecular weight is 490 g/mol. The van der Waals surface area contributed by atoms with Gasteiger partial charge in [-0.3, -0.25) is 4.79 Å². The van der Waals surface area contributed by atoms with E-state index in [-0.39, 0.29) is 12.1 Å². The lowest BCUT2D eigenvalue weighted by atomic mass is 10.0. The number of methoxy groups -OCH3 is 1. The smallest absolute Gasteiger partial charge is 0.421 e. The summed E-state index contributed by atoms with van der Waals surface area (Å²) in [7, 11) is 1.11. The van der Waals surface area contributed by atoms with Gasteiger partial charge in [0.1, 0.15) is 11.2 Å². The first-order valence-electron chi connectivity index (χ1n) is 11.3. The molecule has 5 rings (SSSR count). The fraction of sp³-hybridized carbons (Fsp3) is 0.222. The quantitative estimate of drug-likeness (QED) is 0.357. The van der Waals surface area contributed by atoms with Crippen LogP contribution in [0.1, 0.15) is 29.7 Å². The molecule has 0 bridgehead atoms. The van der Waals surface area contributed by atoms with Crippen LogP contribution in [-0.4, -0.2) is 28.0 Å². The van der Waals surface area contributed by atoms with E-state index in [2.05, 4.69) is 36.8 Å². The largest absolute Gasteiger partial charge is 0.481 e. The van der Waals surface area contributed by atoms with E-state index in [4.69, 9.17) is 0 Å². The number of nitrogens with zero attached hydrogens (tertiary/aromatic N) is 2. The van der Waals surface area contributed by atoms with Crippen molar-refractivity contribution in [3.63, 3.8) is 0 Å². The van der Waals surface area contributed by atoms with Crippen molar-refractivity contribution in [1.29, 1.82) is 0 Å². The Kier molecular flexibility index (Phi) is 6.10. The van der Waals surface area contributed by atoms with Gasteiger partial charge in [0.05, 0.1) is 31.1 Å². The van der Waals surface area contributed by atoms with Crippen molar-refractivity contribution in [2.75, 3.05) is 12.4 Å². The van der Waals surface area contributed by atoms with Gasteiger partial charge in [-0.2, -0.15) is 13.2 Å². The Labute approximate surface area is 204 Å². The number of halogens is 3. The molecule has 1 aliphatic rings. The predicted octanol–water partition coefficient (Wildman–Crippen LogP) is 5.60. The number of hydrogen-bond donors (Lipinski definition) is 2. The van der Waals surface area contributed by atoms with Crippen LogP contribution >= 0.6 is 0 Å². The maximum absolute atomic E-state index is 13.2. The summed E-state index contributed by atoms with van der Waals surface area (Å²) in [5.41, 5.74) is 3.06. The maximum Gasteiger partial charge on any atom is 0.421 e. The second kappa shape index (κ2) is 9.38. The zero-order chi connectivity index (χ0) is 25.3. The molecule has 3 heterocycles. The molecule has 1 fully saturated rings. The van der Waals surface area contributed by atoms with E-state index in [0.29, 0.717) is 11.5 Å². The van der Waals surface area contributed by atoms with Crippen LogP contribution in [0.3, 0.4) is 0 Å². The Hall–Kier alpha value is -4.32. The van der Waals surface area contributed by atoms with E-state index in [9.17, 15) is 18.0 Å². The molecule has 0 aliphatic heterocycles. The number of H-pyrrole nitrogens is 1. The van der Waals surface area contributed by atoms with Crippen molar-refractivity contribution in [3.05, 3.63) is 71.7 Å². The molecule has 0 radical (unpaired) electrons. The predicted molar refractivity (Wildman–Crippen MR) is 129 cm³/mol. The summed E-state index contributed by atoms with van der Waals surface area (Å²) in [6.07, 6.45) is 0.580. The average Bonchev–Trinajstić information content (AvgIpc) is 3.59. The molecule has 2 N–H and O–H groups in total. The van der Waals surface area contributed by atoms with E-state index in [1.165, 1.54) is 12.8 Å². The third-order valence-corrected chi connectivity index (χ3v) is 5.74. The number of hydrogen-bond acceptors (Lipinski definition) is 4. The van der Waals surface area contributed by atoms with Gasteiger partial charge < -0.3 is 15.0 Å². The van der Waals surface area contributed by atoms with Crippen LogP contribution in [-0.2, 0) is 17.4 Å². The number of amides is 1. The fourth-order valence-corrected chi connectivity index (χ4v) is 3.74. The highest BCUT2D eigenvalue weighted by atomic mass is 19.4. The first-order chi connectivity index (χ1) is 17.3. The molecule has 36 heavy (non-hydrogen) atoms. The Balaban J connectivity index is 1.26. The van der Waals surface area contributed by atoms with Crippen LogP contribution < -0.4 is 10.1 Å². The van der Waals surface area contributed by atoms with Crippen molar-refractivity contribution >= 4 is 22.6 Å². The lowest BCUT2D eigenvalue weighted by molar-refractivity contribution is -0.139. The van der Waals surface area contributed by atoms with Gasteiger partial charge in [0.25, 0.3) is 0 Å². The van der Waals surface area contributed by atoms with Crippen molar-refractivity contribution in [2.45, 2.75) is 25.4 Å². The number of alkyl halides is 3. The summed E-state index contributed by atoms with van der Waals surface area (Å²) in [5.74, 6) is 5.90. The van der Waals surface area contributed by atoms with Gasteiger partial charge >= 0.3 is 6.18 Å². The summed E-state index contributed by atoms with van der Waals surface area (Å²) >= 11 is 0. The molecule has 0 unspecified atom stereocenters. The zero-order valence-corrected chi connectivity index (χ0v) is 19.2. The summed E-state index contributed by atoms with van der Waals surface area (Å²) < 4.78 is 44.2. The zero-order valence-electron chi connectivity index (χ0n) is 19.2. The number of aromatic nitrogens is 3. The summed E-state index contributed by atoms with van der Waals surface area (Å²) in [5, 5.41) is 3.42. The van der Waals surface area contributed by atoms with Gasteiger partial charge in [0, 0.05) is 23.1 Å². The number of pyridine rings is 2. The molecule has 6 nitrogen and oxygen atoms in total. The van der Waals surface area contributed by atoms with Crippen LogP contribution in [0.4, 0.5) is 18.9 Å². The number of anilines is 1.